The zero-order chi connectivity index (χ0) is 26.1. The number of benzene rings is 1. The fraction of sp³-hybridized carbons (Fsp3) is 0.364. The third-order valence-corrected chi connectivity index (χ3v) is 6.31. The van der Waals surface area contributed by atoms with Gasteiger partial charge in [0.05, 0.1) is 31.3 Å². The fourth-order valence-corrected chi connectivity index (χ4v) is 4.56. The van der Waals surface area contributed by atoms with Crippen LogP contribution in [0, 0.1) is 11.3 Å². The number of carbonyl (C=O) groups is 1. The van der Waals surface area contributed by atoms with Gasteiger partial charge in [0.15, 0.2) is 12.4 Å². The van der Waals surface area contributed by atoms with Crippen LogP contribution in [0.4, 0.5) is 10.2 Å². The average molecular weight is 522 g/mol. The molecule has 1 aromatic carbocycles. The van der Waals surface area contributed by atoms with Crippen LogP contribution in [-0.2, 0) is 27.6 Å². The van der Waals surface area contributed by atoms with Crippen LogP contribution in [-0.4, -0.2) is 53.7 Å². The summed E-state index contributed by atoms with van der Waals surface area (Å²) in [4.78, 5) is 28.2. The summed E-state index contributed by atoms with van der Waals surface area (Å²) in [6.07, 6.45) is -4.38. The van der Waals surface area contributed by atoms with Crippen molar-refractivity contribution in [3.8, 4) is 6.07 Å². The molecule has 1 aliphatic rings. The molecule has 36 heavy (non-hydrogen) atoms. The van der Waals surface area contributed by atoms with Gasteiger partial charge in [0.1, 0.15) is 24.6 Å². The fourth-order valence-electron chi connectivity index (χ4n) is 3.21. The average Bonchev–Trinajstić information content (AvgIpc) is 3.16. The summed E-state index contributed by atoms with van der Waals surface area (Å²) in [6.45, 7) is 2.33. The molecule has 2 heterocycles. The van der Waals surface area contributed by atoms with Crippen LogP contribution in [0.25, 0.3) is 0 Å². The number of hydrogen-bond donors (Lipinski definition) is 1. The first-order valence-electron chi connectivity index (χ1n) is 10.7. The molecular weight excluding hydrogens is 498 g/mol. The highest BCUT2D eigenvalue weighted by atomic mass is 31.2. The van der Waals surface area contributed by atoms with E-state index in [1.165, 1.54) is 30.5 Å². The predicted octanol–water partition coefficient (Wildman–Crippen LogP) is 2.54. The Hall–Kier alpha value is -3.40. The van der Waals surface area contributed by atoms with E-state index in [1.54, 1.807) is 24.3 Å². The summed E-state index contributed by atoms with van der Waals surface area (Å²) >= 11 is 0. The van der Waals surface area contributed by atoms with Crippen molar-refractivity contribution in [2.45, 2.75) is 31.0 Å². The van der Waals surface area contributed by atoms with Crippen LogP contribution < -0.4 is 11.4 Å². The third-order valence-electron chi connectivity index (χ3n) is 4.85. The number of ether oxygens (including phenoxy) is 2. The minimum atomic E-state index is -4.44. The Bertz CT molecular complexity index is 1200. The lowest BCUT2D eigenvalue weighted by Crippen LogP contribution is -2.36. The zero-order valence-electron chi connectivity index (χ0n) is 19.0. The molecule has 1 fully saturated rings. The largest absolute Gasteiger partial charge is 0.475 e. The summed E-state index contributed by atoms with van der Waals surface area (Å²) in [7, 11) is -4.44. The number of nitriles is 1. The number of nitrogens with zero attached hydrogens (tertiary/aromatic N) is 3. The number of carbonyl (C=O) groups excluding carboxylic acids is 1. The van der Waals surface area contributed by atoms with E-state index >= 15 is 4.39 Å². The van der Waals surface area contributed by atoms with Crippen molar-refractivity contribution >= 4 is 19.6 Å². The molecule has 12 nitrogen and oxygen atoms in total. The van der Waals surface area contributed by atoms with Crippen LogP contribution in [0.15, 0.2) is 60.0 Å². The molecule has 1 saturated heterocycles. The molecule has 0 bridgehead atoms. The van der Waals surface area contributed by atoms with Crippen molar-refractivity contribution in [1.29, 1.82) is 5.26 Å². The molecule has 3 rings (SSSR count). The maximum atomic E-state index is 15.6. The highest BCUT2D eigenvalue weighted by Gasteiger charge is 2.51. The van der Waals surface area contributed by atoms with Crippen molar-refractivity contribution in [3.63, 3.8) is 0 Å². The second-order valence-corrected chi connectivity index (χ2v) is 8.98. The molecule has 1 aromatic heterocycles. The highest BCUT2D eigenvalue weighted by Crippen LogP contribution is 2.53. The first kappa shape index (κ1) is 27.2. The van der Waals surface area contributed by atoms with Crippen molar-refractivity contribution < 1.29 is 36.8 Å². The monoisotopic (exact) mass is 522 g/mol. The maximum absolute atomic E-state index is 15.6. The van der Waals surface area contributed by atoms with Gasteiger partial charge >= 0.3 is 19.5 Å². The Balaban J connectivity index is 1.86. The van der Waals surface area contributed by atoms with E-state index in [0.717, 1.165) is 4.57 Å². The molecule has 1 unspecified atom stereocenters. The number of hydrogen-bond acceptors (Lipinski definition) is 11. The van der Waals surface area contributed by atoms with E-state index in [0.29, 0.717) is 0 Å². The minimum absolute atomic E-state index is 0.0842. The lowest BCUT2D eigenvalue weighted by atomic mass is 10.1. The molecule has 14 heteroatoms. The first-order valence-corrected chi connectivity index (χ1v) is 12.2. The molecular formula is C22H24FN4O8P. The number of esters is 1. The topological polar surface area (TPSA) is 165 Å². The van der Waals surface area contributed by atoms with E-state index < -0.39 is 50.7 Å². The van der Waals surface area contributed by atoms with Crippen LogP contribution in [0.2, 0.25) is 0 Å². The summed E-state index contributed by atoms with van der Waals surface area (Å²) in [5.41, 5.74) is 4.83. The van der Waals surface area contributed by atoms with E-state index in [9.17, 15) is 14.2 Å². The van der Waals surface area contributed by atoms with Gasteiger partial charge in [-0.15, -0.1) is 6.58 Å². The second-order valence-electron chi connectivity index (χ2n) is 7.36. The number of halogens is 1. The number of rotatable bonds is 12. The SMILES string of the molecule is C=CCOP(=O)(OCCC#N)O[C@H]1[C@@H](F)[C@H](n2ccc(N)nc2=O)O[C@@H]1COC(=O)c1ccccc1. The van der Waals surface area contributed by atoms with E-state index in [2.05, 4.69) is 11.6 Å². The first-order chi connectivity index (χ1) is 17.3. The number of alkyl halides is 1. The molecule has 1 aliphatic heterocycles. The Morgan fingerprint density at radius 2 is 2.08 bits per heavy atom. The molecule has 0 amide bonds. The predicted molar refractivity (Wildman–Crippen MR) is 123 cm³/mol. The van der Waals surface area contributed by atoms with E-state index in [1.807, 2.05) is 0 Å². The molecule has 2 N–H and O–H groups in total. The normalized spacial score (nSPS) is 22.9. The Morgan fingerprint density at radius 1 is 1.33 bits per heavy atom. The van der Waals surface area contributed by atoms with E-state index in [4.69, 9.17) is 34.0 Å². The van der Waals surface area contributed by atoms with Gasteiger partial charge in [-0.2, -0.15) is 10.2 Å². The summed E-state index contributed by atoms with van der Waals surface area (Å²) < 4.78 is 56.2. The van der Waals surface area contributed by atoms with Gasteiger partial charge in [0, 0.05) is 6.20 Å². The number of phosphoric acid groups is 1. The molecule has 2 aromatic rings. The number of anilines is 1. The smallest absolute Gasteiger partial charge is 0.459 e. The Morgan fingerprint density at radius 3 is 2.75 bits per heavy atom. The summed E-state index contributed by atoms with van der Waals surface area (Å²) in [6, 6.07) is 11.1. The van der Waals surface area contributed by atoms with Crippen LogP contribution in [0.5, 0.6) is 0 Å². The number of nitrogens with two attached hydrogens (primary N) is 1. The highest BCUT2D eigenvalue weighted by molar-refractivity contribution is 7.48. The van der Waals surface area contributed by atoms with Gasteiger partial charge in [-0.3, -0.25) is 18.1 Å². The lowest BCUT2D eigenvalue weighted by Gasteiger charge is -2.24. The van der Waals surface area contributed by atoms with Crippen LogP contribution in [0.3, 0.4) is 0 Å². The van der Waals surface area contributed by atoms with Gasteiger partial charge in [-0.25, -0.2) is 18.5 Å². The van der Waals surface area contributed by atoms with Crippen LogP contribution >= 0.6 is 7.82 Å². The van der Waals surface area contributed by atoms with Gasteiger partial charge in [0.2, 0.25) is 0 Å². The number of aromatic nitrogens is 2. The molecule has 5 atom stereocenters. The van der Waals surface area contributed by atoms with Crippen molar-refractivity contribution in [2.24, 2.45) is 0 Å². The minimum Gasteiger partial charge on any atom is -0.459 e. The van der Waals surface area contributed by atoms with Gasteiger partial charge in [-0.05, 0) is 18.2 Å². The number of phosphoric ester groups is 1. The van der Waals surface area contributed by atoms with Crippen molar-refractivity contribution in [2.75, 3.05) is 25.6 Å². The van der Waals surface area contributed by atoms with E-state index in [-0.39, 0.29) is 31.0 Å². The maximum Gasteiger partial charge on any atom is 0.475 e. The molecule has 192 valence electrons. The summed E-state index contributed by atoms with van der Waals surface area (Å²) in [5, 5.41) is 8.74. The molecule has 0 saturated carbocycles. The van der Waals surface area contributed by atoms with Crippen molar-refractivity contribution in [1.82, 2.24) is 9.55 Å². The van der Waals surface area contributed by atoms with Gasteiger partial charge in [-0.1, -0.05) is 24.3 Å². The van der Waals surface area contributed by atoms with Crippen molar-refractivity contribution in [3.05, 3.63) is 71.3 Å². The standard InChI is InChI=1S/C22H24FN4O8P/c1-2-12-32-36(30,33-13-6-10-24)35-19-16(14-31-21(28)15-7-4-3-5-8-15)34-20(18(19)23)27-11-9-17(25)26-22(27)29/h2-5,7-9,11,16,18-20H,1,6,12-14H2,(H2,25,26,29)/t16-,18-,19-,20-,36?/m1/s1. The molecule has 0 spiro atoms. The number of nitrogen functional groups attached to an aromatic ring is 1. The van der Waals surface area contributed by atoms with Gasteiger partial charge < -0.3 is 15.2 Å². The molecule has 0 aliphatic carbocycles. The quantitative estimate of drug-likeness (QED) is 0.188. The zero-order valence-corrected chi connectivity index (χ0v) is 19.9. The Labute approximate surface area is 205 Å². The third kappa shape index (κ3) is 6.84. The van der Waals surface area contributed by atoms with Gasteiger partial charge in [0.25, 0.3) is 0 Å². The molecule has 0 radical (unpaired) electrons. The Kier molecular flexibility index (Phi) is 9.46. The lowest BCUT2D eigenvalue weighted by molar-refractivity contribution is -0.0562. The summed E-state index contributed by atoms with van der Waals surface area (Å²) in [5.74, 6) is -0.807. The van der Waals surface area contributed by atoms with Crippen LogP contribution in [0.1, 0.15) is 23.0 Å². The second kappa shape index (κ2) is 12.5.